The first-order chi connectivity index (χ1) is 11.1. The van der Waals surface area contributed by atoms with Crippen molar-refractivity contribution in [3.8, 4) is 0 Å². The molecule has 1 unspecified atom stereocenters. The highest BCUT2D eigenvalue weighted by atomic mass is 32.2. The lowest BCUT2D eigenvalue weighted by atomic mass is 10.1. The number of thioether (sulfide) groups is 1. The standard InChI is InChI=1S/C19H24N2OS/c1-14-6-7-17(13-15(14)2)23-12-8-19(22)21-11-10-20-9-4-5-18(20)16(21)3/h4-7,9,13,16H,8,10-12H2,1-3H3. The summed E-state index contributed by atoms with van der Waals surface area (Å²) >= 11 is 1.77. The molecule has 3 nitrogen and oxygen atoms in total. The molecule has 1 amide bonds. The van der Waals surface area contributed by atoms with Crippen LogP contribution in [-0.4, -0.2) is 27.7 Å². The van der Waals surface area contributed by atoms with E-state index < -0.39 is 0 Å². The molecular weight excluding hydrogens is 304 g/mol. The van der Waals surface area contributed by atoms with Gasteiger partial charge in [-0.2, -0.15) is 0 Å². The minimum atomic E-state index is 0.179. The molecule has 3 rings (SSSR count). The number of hydrogen-bond donors (Lipinski definition) is 0. The predicted octanol–water partition coefficient (Wildman–Crippen LogP) is 4.19. The van der Waals surface area contributed by atoms with Crippen LogP contribution >= 0.6 is 11.8 Å². The van der Waals surface area contributed by atoms with Gasteiger partial charge in [0.1, 0.15) is 0 Å². The Kier molecular flexibility index (Phi) is 4.81. The van der Waals surface area contributed by atoms with E-state index in [9.17, 15) is 4.79 Å². The minimum Gasteiger partial charge on any atom is -0.348 e. The van der Waals surface area contributed by atoms with Crippen molar-refractivity contribution in [1.82, 2.24) is 9.47 Å². The summed E-state index contributed by atoms with van der Waals surface area (Å²) in [6.07, 6.45) is 2.70. The van der Waals surface area contributed by atoms with Gasteiger partial charge in [-0.25, -0.2) is 0 Å². The molecular formula is C19H24N2OS. The summed E-state index contributed by atoms with van der Waals surface area (Å²) in [6.45, 7) is 8.11. The van der Waals surface area contributed by atoms with E-state index in [1.54, 1.807) is 11.8 Å². The molecule has 0 spiro atoms. The van der Waals surface area contributed by atoms with Gasteiger partial charge in [-0.1, -0.05) is 6.07 Å². The average molecular weight is 328 g/mol. The molecule has 0 N–H and O–H groups in total. The predicted molar refractivity (Wildman–Crippen MR) is 95.8 cm³/mol. The van der Waals surface area contributed by atoms with Crippen molar-refractivity contribution in [2.24, 2.45) is 0 Å². The molecule has 2 aromatic rings. The average Bonchev–Trinajstić information content (AvgIpc) is 3.00. The summed E-state index contributed by atoms with van der Waals surface area (Å²) in [5.41, 5.74) is 3.87. The Morgan fingerprint density at radius 3 is 2.83 bits per heavy atom. The SMILES string of the molecule is Cc1ccc(SCCC(=O)N2CCn3cccc3C2C)cc1C. The second-order valence-corrected chi connectivity index (χ2v) is 7.40. The Balaban J connectivity index is 1.55. The molecule has 1 aliphatic heterocycles. The molecule has 122 valence electrons. The van der Waals surface area contributed by atoms with Crippen molar-refractivity contribution in [2.75, 3.05) is 12.3 Å². The molecule has 0 saturated heterocycles. The van der Waals surface area contributed by atoms with Crippen LogP contribution < -0.4 is 0 Å². The van der Waals surface area contributed by atoms with E-state index in [2.05, 4.69) is 61.9 Å². The number of amides is 1. The molecule has 2 heterocycles. The van der Waals surface area contributed by atoms with Crippen LogP contribution in [0.25, 0.3) is 0 Å². The van der Waals surface area contributed by atoms with Gasteiger partial charge in [-0.05, 0) is 56.2 Å². The maximum absolute atomic E-state index is 12.6. The fourth-order valence-electron chi connectivity index (χ4n) is 3.12. The zero-order valence-corrected chi connectivity index (χ0v) is 14.9. The van der Waals surface area contributed by atoms with Crippen LogP contribution in [0, 0.1) is 13.8 Å². The van der Waals surface area contributed by atoms with E-state index in [1.165, 1.54) is 21.7 Å². The summed E-state index contributed by atoms with van der Waals surface area (Å²) in [5.74, 6) is 1.10. The Labute approximate surface area is 142 Å². The summed E-state index contributed by atoms with van der Waals surface area (Å²) in [5, 5.41) is 0. The fraction of sp³-hybridized carbons (Fsp3) is 0.421. The molecule has 1 aromatic carbocycles. The van der Waals surface area contributed by atoms with E-state index in [4.69, 9.17) is 0 Å². The van der Waals surface area contributed by atoms with E-state index in [0.29, 0.717) is 6.42 Å². The maximum Gasteiger partial charge on any atom is 0.224 e. The molecule has 23 heavy (non-hydrogen) atoms. The second kappa shape index (κ2) is 6.83. The maximum atomic E-state index is 12.6. The number of aromatic nitrogens is 1. The third-order valence-corrected chi connectivity index (χ3v) is 5.72. The number of hydrogen-bond acceptors (Lipinski definition) is 2. The zero-order valence-electron chi connectivity index (χ0n) is 14.1. The number of fused-ring (bicyclic) bond motifs is 1. The smallest absolute Gasteiger partial charge is 0.224 e. The van der Waals surface area contributed by atoms with Crippen LogP contribution in [0.5, 0.6) is 0 Å². The Morgan fingerprint density at radius 1 is 1.22 bits per heavy atom. The van der Waals surface area contributed by atoms with Crippen LogP contribution in [-0.2, 0) is 11.3 Å². The van der Waals surface area contributed by atoms with Gasteiger partial charge in [-0.15, -0.1) is 11.8 Å². The van der Waals surface area contributed by atoms with Gasteiger partial charge in [0.15, 0.2) is 0 Å². The van der Waals surface area contributed by atoms with E-state index >= 15 is 0 Å². The number of carbonyl (C=O) groups is 1. The fourth-order valence-corrected chi connectivity index (χ4v) is 4.06. The Morgan fingerprint density at radius 2 is 2.04 bits per heavy atom. The third-order valence-electron chi connectivity index (χ3n) is 4.73. The van der Waals surface area contributed by atoms with Crippen LogP contribution in [0.3, 0.4) is 0 Å². The highest BCUT2D eigenvalue weighted by Crippen LogP contribution is 2.27. The van der Waals surface area contributed by atoms with Crippen LogP contribution in [0.4, 0.5) is 0 Å². The van der Waals surface area contributed by atoms with Crippen molar-refractivity contribution in [3.63, 3.8) is 0 Å². The first-order valence-electron chi connectivity index (χ1n) is 8.21. The molecule has 0 radical (unpaired) electrons. The van der Waals surface area contributed by atoms with Gasteiger partial charge in [0, 0.05) is 42.0 Å². The molecule has 0 fully saturated rings. The van der Waals surface area contributed by atoms with E-state index in [0.717, 1.165) is 18.8 Å². The van der Waals surface area contributed by atoms with Crippen LogP contribution in [0.1, 0.15) is 36.2 Å². The van der Waals surface area contributed by atoms with E-state index in [-0.39, 0.29) is 11.9 Å². The van der Waals surface area contributed by atoms with Gasteiger partial charge in [-0.3, -0.25) is 4.79 Å². The Hall–Kier alpha value is -1.68. The molecule has 1 aliphatic rings. The molecule has 0 aliphatic carbocycles. The summed E-state index contributed by atoms with van der Waals surface area (Å²) in [6, 6.07) is 10.9. The lowest BCUT2D eigenvalue weighted by Crippen LogP contribution is -2.40. The van der Waals surface area contributed by atoms with Gasteiger partial charge >= 0.3 is 0 Å². The molecule has 0 bridgehead atoms. The largest absolute Gasteiger partial charge is 0.348 e. The number of rotatable bonds is 4. The van der Waals surface area contributed by atoms with Crippen LogP contribution in [0.2, 0.25) is 0 Å². The van der Waals surface area contributed by atoms with Gasteiger partial charge in [0.2, 0.25) is 5.91 Å². The topological polar surface area (TPSA) is 25.2 Å². The molecule has 1 aromatic heterocycles. The van der Waals surface area contributed by atoms with Crippen molar-refractivity contribution >= 4 is 17.7 Å². The van der Waals surface area contributed by atoms with Gasteiger partial charge in [0.25, 0.3) is 0 Å². The van der Waals surface area contributed by atoms with Gasteiger partial charge < -0.3 is 9.47 Å². The molecule has 4 heteroatoms. The van der Waals surface area contributed by atoms with Crippen molar-refractivity contribution in [3.05, 3.63) is 53.3 Å². The van der Waals surface area contributed by atoms with Gasteiger partial charge in [0.05, 0.1) is 6.04 Å². The summed E-state index contributed by atoms with van der Waals surface area (Å²) in [7, 11) is 0. The monoisotopic (exact) mass is 328 g/mol. The Bertz CT molecular complexity index is 707. The highest BCUT2D eigenvalue weighted by molar-refractivity contribution is 7.99. The van der Waals surface area contributed by atoms with Crippen molar-refractivity contribution in [2.45, 2.75) is 44.7 Å². The first kappa shape index (κ1) is 16.2. The number of aryl methyl sites for hydroxylation is 2. The highest BCUT2D eigenvalue weighted by Gasteiger charge is 2.26. The first-order valence-corrected chi connectivity index (χ1v) is 9.19. The van der Waals surface area contributed by atoms with Crippen molar-refractivity contribution in [1.29, 1.82) is 0 Å². The second-order valence-electron chi connectivity index (χ2n) is 6.23. The van der Waals surface area contributed by atoms with Crippen LogP contribution in [0.15, 0.2) is 41.4 Å². The number of carbonyl (C=O) groups excluding carboxylic acids is 1. The molecule has 1 atom stereocenters. The van der Waals surface area contributed by atoms with Crippen molar-refractivity contribution < 1.29 is 4.79 Å². The lowest BCUT2D eigenvalue weighted by molar-refractivity contribution is -0.133. The normalized spacial score (nSPS) is 17.2. The minimum absolute atomic E-state index is 0.179. The summed E-state index contributed by atoms with van der Waals surface area (Å²) < 4.78 is 2.25. The zero-order chi connectivity index (χ0) is 16.4. The quantitative estimate of drug-likeness (QED) is 0.786. The number of benzene rings is 1. The van der Waals surface area contributed by atoms with E-state index in [1.807, 2.05) is 4.90 Å². The third kappa shape index (κ3) is 3.47. The summed E-state index contributed by atoms with van der Waals surface area (Å²) in [4.78, 5) is 15.8. The molecule has 0 saturated carbocycles. The lowest BCUT2D eigenvalue weighted by Gasteiger charge is -2.35. The number of nitrogens with zero attached hydrogens (tertiary/aromatic N) is 2.